The van der Waals surface area contributed by atoms with Gasteiger partial charge in [0.2, 0.25) is 11.8 Å². The lowest BCUT2D eigenvalue weighted by atomic mass is 9.91. The largest absolute Gasteiger partial charge is 0.460 e. The third kappa shape index (κ3) is 10.4. The standard InChI is InChI=1S/C40H49F3N2O11/c1-38(2,3)55-33(48)17-15-28(21-46)44-35(49)29-5-4-18-45(29)36(50)25-19-30(34-31(20-25)54-40(56-34,26-11-12-26)27-13-14-27)53-37(51)24-9-6-23(7-10-24)8-16-32(47)52-22-39(41,42)43/h6-10,16,20,26-31,34,46H,4-5,11-15,17-19,21-22H2,1-3H3,(H,44,49)/t28-,29+,30+,31+,34-/m0/s1. The number of carbonyl (C=O) groups is 5. The van der Waals surface area contributed by atoms with Crippen molar-refractivity contribution in [2.75, 3.05) is 19.8 Å². The molecule has 4 fully saturated rings. The fraction of sp³-hybridized carbons (Fsp3) is 0.625. The van der Waals surface area contributed by atoms with E-state index in [1.54, 1.807) is 26.8 Å². The normalized spacial score (nSPS) is 25.3. The predicted octanol–water partition coefficient (Wildman–Crippen LogP) is 4.55. The summed E-state index contributed by atoms with van der Waals surface area (Å²) in [5, 5.41) is 12.8. The molecule has 56 heavy (non-hydrogen) atoms. The first-order valence-corrected chi connectivity index (χ1v) is 19.2. The molecule has 0 bridgehead atoms. The number of nitrogens with one attached hydrogen (secondary N) is 1. The Morgan fingerprint density at radius 2 is 1.70 bits per heavy atom. The molecule has 2 heterocycles. The average Bonchev–Trinajstić information content (AvgIpc) is 4.08. The van der Waals surface area contributed by atoms with Gasteiger partial charge in [0, 0.05) is 42.9 Å². The van der Waals surface area contributed by atoms with Crippen LogP contribution in [-0.4, -0.2) is 107 Å². The Balaban J connectivity index is 1.13. The van der Waals surface area contributed by atoms with Gasteiger partial charge in [-0.1, -0.05) is 12.1 Å². The SMILES string of the molecule is CC(C)(C)OC(=O)CC[C@@H](CO)NC(=O)[C@H]1CCCN1C(=O)C1=C[C@H]2OC(C3CC3)(C3CC3)O[C@H]2[C@H](OC(=O)c2ccc(C=CC(=O)OCC(F)(F)F)cc2)C1. The molecule has 2 amide bonds. The average molecular weight is 791 g/mol. The molecule has 1 aromatic rings. The summed E-state index contributed by atoms with van der Waals surface area (Å²) in [6.07, 6.45) is 1.75. The number of benzene rings is 1. The van der Waals surface area contributed by atoms with Crippen LogP contribution in [0.3, 0.4) is 0 Å². The van der Waals surface area contributed by atoms with Crippen molar-refractivity contribution in [2.24, 2.45) is 11.8 Å². The van der Waals surface area contributed by atoms with E-state index in [2.05, 4.69) is 10.1 Å². The first-order chi connectivity index (χ1) is 26.4. The predicted molar refractivity (Wildman–Crippen MR) is 191 cm³/mol. The number of ether oxygens (including phenoxy) is 5. The summed E-state index contributed by atoms with van der Waals surface area (Å²) >= 11 is 0. The van der Waals surface area contributed by atoms with Crippen LogP contribution in [0.15, 0.2) is 42.0 Å². The van der Waals surface area contributed by atoms with Crippen LogP contribution in [0.4, 0.5) is 13.2 Å². The minimum absolute atomic E-state index is 0.00135. The number of carbonyl (C=O) groups excluding carboxylic acids is 5. The van der Waals surface area contributed by atoms with Gasteiger partial charge in [-0.05, 0) is 95.6 Å². The molecule has 5 aliphatic rings. The van der Waals surface area contributed by atoms with Gasteiger partial charge in [0.15, 0.2) is 12.4 Å². The van der Waals surface area contributed by atoms with Gasteiger partial charge in [-0.3, -0.25) is 14.4 Å². The number of likely N-dealkylation sites (tertiary alicyclic amines) is 1. The molecule has 13 nitrogen and oxygen atoms in total. The van der Waals surface area contributed by atoms with Crippen molar-refractivity contribution in [2.45, 2.75) is 127 Å². The number of hydrogen-bond acceptors (Lipinski definition) is 11. The summed E-state index contributed by atoms with van der Waals surface area (Å²) in [6.45, 7) is 3.44. The number of nitrogens with zero attached hydrogens (tertiary/aromatic N) is 1. The zero-order valence-corrected chi connectivity index (χ0v) is 31.7. The van der Waals surface area contributed by atoms with Crippen molar-refractivity contribution in [3.8, 4) is 0 Å². The van der Waals surface area contributed by atoms with Crippen LogP contribution in [0.1, 0.15) is 94.5 Å². The Hall–Kier alpha value is -4.28. The highest BCUT2D eigenvalue weighted by Crippen LogP contribution is 2.59. The maximum Gasteiger partial charge on any atom is 0.422 e. The summed E-state index contributed by atoms with van der Waals surface area (Å²) in [6, 6.07) is 4.31. The number of rotatable bonds is 14. The van der Waals surface area contributed by atoms with E-state index in [0.717, 1.165) is 31.8 Å². The third-order valence-electron chi connectivity index (χ3n) is 10.4. The van der Waals surface area contributed by atoms with Crippen LogP contribution in [0.2, 0.25) is 0 Å². The van der Waals surface area contributed by atoms with Gasteiger partial charge in [0.25, 0.3) is 0 Å². The number of aliphatic hydroxyl groups excluding tert-OH is 1. The van der Waals surface area contributed by atoms with Crippen LogP contribution in [0.5, 0.6) is 0 Å². The molecule has 2 saturated carbocycles. The highest BCUT2D eigenvalue weighted by molar-refractivity contribution is 5.98. The molecular weight excluding hydrogens is 741 g/mol. The minimum Gasteiger partial charge on any atom is -0.460 e. The fourth-order valence-corrected chi connectivity index (χ4v) is 7.52. The molecule has 2 saturated heterocycles. The van der Waals surface area contributed by atoms with Gasteiger partial charge in [0.1, 0.15) is 30.0 Å². The Labute approximate surface area is 322 Å². The minimum atomic E-state index is -4.65. The van der Waals surface area contributed by atoms with Crippen LogP contribution in [0, 0.1) is 11.8 Å². The van der Waals surface area contributed by atoms with Crippen LogP contribution < -0.4 is 5.32 Å². The summed E-state index contributed by atoms with van der Waals surface area (Å²) in [5.74, 6) is -3.64. The molecule has 1 aromatic carbocycles. The monoisotopic (exact) mass is 790 g/mol. The molecule has 0 unspecified atom stereocenters. The molecule has 3 aliphatic carbocycles. The molecule has 5 atom stereocenters. The Bertz CT molecular complexity index is 1700. The van der Waals surface area contributed by atoms with Crippen LogP contribution >= 0.6 is 0 Å². The van der Waals surface area contributed by atoms with Gasteiger partial charge < -0.3 is 39.0 Å². The smallest absolute Gasteiger partial charge is 0.422 e. The number of amides is 2. The Morgan fingerprint density at radius 3 is 2.30 bits per heavy atom. The fourth-order valence-electron chi connectivity index (χ4n) is 7.52. The van der Waals surface area contributed by atoms with Crippen molar-refractivity contribution >= 4 is 35.8 Å². The van der Waals surface area contributed by atoms with Crippen molar-refractivity contribution < 1.29 is 65.9 Å². The number of alkyl halides is 3. The van der Waals surface area contributed by atoms with E-state index in [1.807, 2.05) is 0 Å². The summed E-state index contributed by atoms with van der Waals surface area (Å²) < 4.78 is 65.9. The van der Waals surface area contributed by atoms with Crippen molar-refractivity contribution in [3.63, 3.8) is 0 Å². The lowest BCUT2D eigenvalue weighted by Crippen LogP contribution is -2.51. The molecule has 2 aliphatic heterocycles. The van der Waals surface area contributed by atoms with Gasteiger partial charge >= 0.3 is 24.1 Å². The number of esters is 3. The first-order valence-electron chi connectivity index (χ1n) is 19.2. The molecule has 6 rings (SSSR count). The van der Waals surface area contributed by atoms with Crippen molar-refractivity contribution in [3.05, 3.63) is 53.1 Å². The van der Waals surface area contributed by atoms with Crippen molar-refractivity contribution in [1.29, 1.82) is 0 Å². The maximum atomic E-state index is 14.2. The second-order valence-electron chi connectivity index (χ2n) is 16.1. The highest BCUT2D eigenvalue weighted by atomic mass is 19.4. The maximum absolute atomic E-state index is 14.2. The Kier molecular flexibility index (Phi) is 12.3. The van der Waals surface area contributed by atoms with E-state index in [9.17, 15) is 42.3 Å². The number of aliphatic hydroxyl groups is 1. The molecule has 16 heteroatoms. The zero-order valence-electron chi connectivity index (χ0n) is 31.7. The first kappa shape index (κ1) is 41.4. The highest BCUT2D eigenvalue weighted by Gasteiger charge is 2.64. The second-order valence-corrected chi connectivity index (χ2v) is 16.1. The van der Waals surface area contributed by atoms with Gasteiger partial charge in [0.05, 0.1) is 18.2 Å². The zero-order chi connectivity index (χ0) is 40.4. The van der Waals surface area contributed by atoms with Gasteiger partial charge in [-0.25, -0.2) is 9.59 Å². The molecule has 306 valence electrons. The van der Waals surface area contributed by atoms with E-state index in [0.29, 0.717) is 30.5 Å². The molecule has 0 radical (unpaired) electrons. The number of fused-ring (bicyclic) bond motifs is 1. The van der Waals surface area contributed by atoms with Gasteiger partial charge in [-0.15, -0.1) is 0 Å². The molecule has 0 aromatic heterocycles. The number of hydrogen-bond donors (Lipinski definition) is 2. The molecular formula is C40H49F3N2O11. The summed E-state index contributed by atoms with van der Waals surface area (Å²) in [7, 11) is 0. The lowest BCUT2D eigenvalue weighted by Gasteiger charge is -2.33. The van der Waals surface area contributed by atoms with Crippen molar-refractivity contribution in [1.82, 2.24) is 10.2 Å². The topological polar surface area (TPSA) is 167 Å². The summed E-state index contributed by atoms with van der Waals surface area (Å²) in [5.41, 5.74) is 0.214. The molecule has 0 spiro atoms. The van der Waals surface area contributed by atoms with Crippen LogP contribution in [-0.2, 0) is 42.9 Å². The summed E-state index contributed by atoms with van der Waals surface area (Å²) in [4.78, 5) is 66.7. The quantitative estimate of drug-likeness (QED) is 0.154. The third-order valence-corrected chi connectivity index (χ3v) is 10.4. The van der Waals surface area contributed by atoms with Crippen LogP contribution in [0.25, 0.3) is 6.08 Å². The van der Waals surface area contributed by atoms with E-state index < -0.39 is 90.9 Å². The lowest BCUT2D eigenvalue weighted by molar-refractivity contribution is -0.209. The number of halogens is 3. The van der Waals surface area contributed by atoms with Gasteiger partial charge in [-0.2, -0.15) is 13.2 Å². The molecule has 2 N–H and O–H groups in total. The van der Waals surface area contributed by atoms with E-state index in [1.165, 1.54) is 35.2 Å². The van der Waals surface area contributed by atoms with E-state index in [-0.39, 0.29) is 36.7 Å². The Morgan fingerprint density at radius 1 is 1.02 bits per heavy atom. The van der Waals surface area contributed by atoms with E-state index in [4.69, 9.17) is 18.9 Å². The van der Waals surface area contributed by atoms with E-state index >= 15 is 0 Å². The second kappa shape index (κ2) is 16.7.